The molecule has 1 saturated heterocycles. The highest BCUT2D eigenvalue weighted by atomic mass is 16.2. The number of carbonyl (C=O) groups excluding carboxylic acids is 1. The molecule has 0 unspecified atom stereocenters. The van der Waals surface area contributed by atoms with E-state index in [0.717, 1.165) is 35.3 Å². The molecular weight excluding hydrogens is 260 g/mol. The summed E-state index contributed by atoms with van der Waals surface area (Å²) >= 11 is 0. The maximum atomic E-state index is 13.0. The van der Waals surface area contributed by atoms with Gasteiger partial charge in [-0.2, -0.15) is 0 Å². The molecule has 1 saturated carbocycles. The largest absolute Gasteiger partial charge is 0.361 e. The van der Waals surface area contributed by atoms with Crippen molar-refractivity contribution in [2.75, 3.05) is 6.54 Å². The van der Waals surface area contributed by atoms with Crippen LogP contribution in [0, 0.1) is 5.92 Å². The number of benzene rings is 1. The number of aromatic amines is 1. The lowest BCUT2D eigenvalue weighted by molar-refractivity contribution is 0.0691. The fraction of sp³-hybridized carbons (Fsp3) is 0.500. The van der Waals surface area contributed by atoms with Crippen LogP contribution in [-0.4, -0.2) is 28.4 Å². The summed E-state index contributed by atoms with van der Waals surface area (Å²) in [6.45, 7) is 0.931. The van der Waals surface area contributed by atoms with Crippen molar-refractivity contribution in [3.8, 4) is 0 Å². The maximum absolute atomic E-state index is 13.0. The molecule has 2 aliphatic rings. The van der Waals surface area contributed by atoms with Gasteiger partial charge in [-0.15, -0.1) is 0 Å². The normalized spacial score (nSPS) is 23.2. The van der Waals surface area contributed by atoms with Gasteiger partial charge in [-0.3, -0.25) is 4.79 Å². The Hall–Kier alpha value is -1.77. The first-order valence-electron chi connectivity index (χ1n) is 8.21. The van der Waals surface area contributed by atoms with E-state index < -0.39 is 0 Å². The number of rotatable bonds is 2. The summed E-state index contributed by atoms with van der Waals surface area (Å²) in [7, 11) is 0. The average Bonchev–Trinajstić information content (AvgIpc) is 3.23. The van der Waals surface area contributed by atoms with Crippen molar-refractivity contribution in [1.29, 1.82) is 0 Å². The van der Waals surface area contributed by atoms with E-state index in [1.54, 1.807) is 0 Å². The van der Waals surface area contributed by atoms with Crippen LogP contribution in [0.3, 0.4) is 0 Å². The zero-order chi connectivity index (χ0) is 14.2. The van der Waals surface area contributed by atoms with Crippen molar-refractivity contribution in [3.63, 3.8) is 0 Å². The first kappa shape index (κ1) is 12.9. The highest BCUT2D eigenvalue weighted by Gasteiger charge is 2.36. The minimum atomic E-state index is 0.231. The quantitative estimate of drug-likeness (QED) is 0.889. The summed E-state index contributed by atoms with van der Waals surface area (Å²) < 4.78 is 0. The molecule has 21 heavy (non-hydrogen) atoms. The van der Waals surface area contributed by atoms with Crippen molar-refractivity contribution >= 4 is 16.8 Å². The number of hydrogen-bond acceptors (Lipinski definition) is 1. The fourth-order valence-electron chi connectivity index (χ4n) is 4.30. The minimum absolute atomic E-state index is 0.231. The van der Waals surface area contributed by atoms with Gasteiger partial charge in [0.2, 0.25) is 0 Å². The van der Waals surface area contributed by atoms with Crippen LogP contribution < -0.4 is 0 Å². The van der Waals surface area contributed by atoms with Gasteiger partial charge >= 0.3 is 0 Å². The number of amides is 1. The Morgan fingerprint density at radius 1 is 1.10 bits per heavy atom. The zero-order valence-corrected chi connectivity index (χ0v) is 12.3. The van der Waals surface area contributed by atoms with Gasteiger partial charge in [0.25, 0.3) is 5.91 Å². The summed E-state index contributed by atoms with van der Waals surface area (Å²) in [5, 5.41) is 1.06. The molecule has 0 bridgehead atoms. The van der Waals surface area contributed by atoms with Gasteiger partial charge in [-0.05, 0) is 49.8 Å². The monoisotopic (exact) mass is 282 g/mol. The minimum Gasteiger partial charge on any atom is -0.361 e. The van der Waals surface area contributed by atoms with Gasteiger partial charge in [0, 0.05) is 35.2 Å². The standard InChI is InChI=1S/C18H22N2O/c21-18(15-7-3-8-16-14(15)10-11-19-16)20-12-4-9-17(20)13-5-1-2-6-13/h3,7-8,10-11,13,17,19H,1-2,4-6,9,12H2/t17-/m0/s1. The topological polar surface area (TPSA) is 36.1 Å². The first-order valence-corrected chi connectivity index (χ1v) is 8.21. The van der Waals surface area contributed by atoms with Gasteiger partial charge in [0.1, 0.15) is 0 Å². The van der Waals surface area contributed by atoms with Crippen LogP contribution in [0.15, 0.2) is 30.5 Å². The number of likely N-dealkylation sites (tertiary alicyclic amines) is 1. The van der Waals surface area contributed by atoms with Crippen LogP contribution in [0.5, 0.6) is 0 Å². The molecule has 1 aromatic carbocycles. The second-order valence-corrected chi connectivity index (χ2v) is 6.50. The van der Waals surface area contributed by atoms with Gasteiger partial charge in [0.15, 0.2) is 0 Å². The van der Waals surface area contributed by atoms with Gasteiger partial charge < -0.3 is 9.88 Å². The number of aromatic nitrogens is 1. The van der Waals surface area contributed by atoms with Crippen molar-refractivity contribution < 1.29 is 4.79 Å². The van der Waals surface area contributed by atoms with Crippen molar-refractivity contribution in [2.24, 2.45) is 5.92 Å². The van der Waals surface area contributed by atoms with E-state index in [2.05, 4.69) is 9.88 Å². The van der Waals surface area contributed by atoms with Gasteiger partial charge in [-0.1, -0.05) is 18.9 Å². The first-order chi connectivity index (χ1) is 10.3. The third-order valence-electron chi connectivity index (χ3n) is 5.33. The summed E-state index contributed by atoms with van der Waals surface area (Å²) in [6.07, 6.45) is 9.58. The highest BCUT2D eigenvalue weighted by Crippen LogP contribution is 2.36. The van der Waals surface area contributed by atoms with Crippen LogP contribution in [0.25, 0.3) is 10.9 Å². The number of fused-ring (bicyclic) bond motifs is 1. The summed E-state index contributed by atoms with van der Waals surface area (Å²) in [5.41, 5.74) is 1.91. The van der Waals surface area contributed by atoms with Gasteiger partial charge in [-0.25, -0.2) is 0 Å². The van der Waals surface area contributed by atoms with Crippen LogP contribution in [0.4, 0.5) is 0 Å². The van der Waals surface area contributed by atoms with Crippen LogP contribution >= 0.6 is 0 Å². The van der Waals surface area contributed by atoms with Crippen molar-refractivity contribution in [1.82, 2.24) is 9.88 Å². The molecule has 1 atom stereocenters. The lowest BCUT2D eigenvalue weighted by Crippen LogP contribution is -2.39. The molecule has 1 amide bonds. The second kappa shape index (κ2) is 5.21. The molecule has 2 heterocycles. The Morgan fingerprint density at radius 3 is 2.81 bits per heavy atom. The number of nitrogens with zero attached hydrogens (tertiary/aromatic N) is 1. The number of nitrogens with one attached hydrogen (secondary N) is 1. The molecule has 3 heteroatoms. The molecule has 0 radical (unpaired) electrons. The third kappa shape index (κ3) is 2.15. The number of carbonyl (C=O) groups is 1. The molecule has 1 N–H and O–H groups in total. The Kier molecular flexibility index (Phi) is 3.21. The molecule has 2 fully saturated rings. The number of H-pyrrole nitrogens is 1. The highest BCUT2D eigenvalue weighted by molar-refractivity contribution is 6.06. The van der Waals surface area contributed by atoms with E-state index in [9.17, 15) is 4.79 Å². The predicted octanol–water partition coefficient (Wildman–Crippen LogP) is 3.96. The zero-order valence-electron chi connectivity index (χ0n) is 12.3. The average molecular weight is 282 g/mol. The Balaban J connectivity index is 1.65. The summed E-state index contributed by atoms with van der Waals surface area (Å²) in [5.74, 6) is 0.969. The van der Waals surface area contributed by atoms with Crippen molar-refractivity contribution in [3.05, 3.63) is 36.0 Å². The fourth-order valence-corrected chi connectivity index (χ4v) is 4.30. The number of hydrogen-bond donors (Lipinski definition) is 1. The van der Waals surface area contributed by atoms with E-state index in [0.29, 0.717) is 6.04 Å². The van der Waals surface area contributed by atoms with E-state index in [1.165, 1.54) is 32.1 Å². The molecule has 3 nitrogen and oxygen atoms in total. The Morgan fingerprint density at radius 2 is 1.95 bits per heavy atom. The van der Waals surface area contributed by atoms with Crippen LogP contribution in [0.2, 0.25) is 0 Å². The SMILES string of the molecule is O=C(c1cccc2[nH]ccc12)N1CCC[C@H]1C1CCCC1. The summed E-state index contributed by atoms with van der Waals surface area (Å²) in [6, 6.07) is 8.48. The van der Waals surface area contributed by atoms with Crippen molar-refractivity contribution in [2.45, 2.75) is 44.6 Å². The maximum Gasteiger partial charge on any atom is 0.254 e. The predicted molar refractivity (Wildman–Crippen MR) is 84.3 cm³/mol. The lowest BCUT2D eigenvalue weighted by Gasteiger charge is -2.29. The molecular formula is C18H22N2O. The lowest BCUT2D eigenvalue weighted by atomic mass is 9.95. The van der Waals surface area contributed by atoms with E-state index >= 15 is 0 Å². The van der Waals surface area contributed by atoms with Gasteiger partial charge in [0.05, 0.1) is 0 Å². The third-order valence-corrected chi connectivity index (χ3v) is 5.33. The van der Waals surface area contributed by atoms with E-state index in [4.69, 9.17) is 0 Å². The van der Waals surface area contributed by atoms with Crippen LogP contribution in [-0.2, 0) is 0 Å². The molecule has 110 valence electrons. The Labute approximate surface area is 125 Å². The van der Waals surface area contributed by atoms with E-state index in [-0.39, 0.29) is 5.91 Å². The molecule has 1 aliphatic heterocycles. The van der Waals surface area contributed by atoms with Crippen LogP contribution in [0.1, 0.15) is 48.9 Å². The Bertz CT molecular complexity index is 654. The summed E-state index contributed by atoms with van der Waals surface area (Å²) in [4.78, 5) is 18.4. The molecule has 4 rings (SSSR count). The molecule has 2 aromatic rings. The molecule has 1 aliphatic carbocycles. The second-order valence-electron chi connectivity index (χ2n) is 6.50. The smallest absolute Gasteiger partial charge is 0.254 e. The molecule has 0 spiro atoms. The molecule has 1 aromatic heterocycles. The van der Waals surface area contributed by atoms with E-state index in [1.807, 2.05) is 30.5 Å².